The van der Waals surface area contributed by atoms with Gasteiger partial charge in [0.15, 0.2) is 11.5 Å². The molecule has 0 radical (unpaired) electrons. The van der Waals surface area contributed by atoms with Crippen LogP contribution < -0.4 is 15.2 Å². The molecule has 16 heavy (non-hydrogen) atoms. The van der Waals surface area contributed by atoms with Crippen LogP contribution in [0.5, 0.6) is 11.5 Å². The quantitative estimate of drug-likeness (QED) is 0.769. The molecule has 3 N–H and O–H groups in total. The summed E-state index contributed by atoms with van der Waals surface area (Å²) in [6.07, 6.45) is 1.46. The van der Waals surface area contributed by atoms with Crippen LogP contribution in [0.4, 0.5) is 0 Å². The maximum Gasteiger partial charge on any atom is 0.161 e. The molecule has 0 heterocycles. The van der Waals surface area contributed by atoms with Gasteiger partial charge >= 0.3 is 0 Å². The lowest BCUT2D eigenvalue weighted by molar-refractivity contribution is 0.280. The van der Waals surface area contributed by atoms with Gasteiger partial charge in [-0.05, 0) is 30.5 Å². The summed E-state index contributed by atoms with van der Waals surface area (Å²) in [5.41, 5.74) is 6.98. The minimum absolute atomic E-state index is 0.0769. The number of benzene rings is 1. The second-order valence-corrected chi connectivity index (χ2v) is 3.59. The smallest absolute Gasteiger partial charge is 0.161 e. The molecule has 1 rings (SSSR count). The van der Waals surface area contributed by atoms with Crippen molar-refractivity contribution >= 4 is 0 Å². The summed E-state index contributed by atoms with van der Waals surface area (Å²) in [7, 11) is 3.20. The zero-order chi connectivity index (χ0) is 12.0. The molecule has 0 aliphatic heterocycles. The lowest BCUT2D eigenvalue weighted by atomic mass is 10.0. The molecule has 0 amide bonds. The molecule has 0 spiro atoms. The first-order valence-corrected chi connectivity index (χ1v) is 5.31. The Kier molecular flexibility index (Phi) is 5.08. The number of hydrogen-bond donors (Lipinski definition) is 2. The molecule has 1 atom stereocenters. The molecule has 1 aromatic rings. The van der Waals surface area contributed by atoms with Gasteiger partial charge in [0.25, 0.3) is 0 Å². The molecule has 0 fully saturated rings. The number of methoxy groups -OCH3 is 2. The van der Waals surface area contributed by atoms with E-state index in [0.717, 1.165) is 12.0 Å². The van der Waals surface area contributed by atoms with Crippen LogP contribution in [0.15, 0.2) is 18.2 Å². The molecule has 4 nitrogen and oxygen atoms in total. The van der Waals surface area contributed by atoms with Gasteiger partial charge in [0.2, 0.25) is 0 Å². The molecule has 0 aromatic heterocycles. The number of hydrogen-bond acceptors (Lipinski definition) is 4. The first kappa shape index (κ1) is 12.8. The van der Waals surface area contributed by atoms with Gasteiger partial charge in [0, 0.05) is 12.6 Å². The first-order valence-electron chi connectivity index (χ1n) is 5.31. The Labute approximate surface area is 96.0 Å². The SMILES string of the molecule is COc1ccc([C@@H](N)CCCO)cc1OC. The zero-order valence-electron chi connectivity index (χ0n) is 9.77. The number of aliphatic hydroxyl groups is 1. The standard InChI is InChI=1S/C12H19NO3/c1-15-11-6-5-9(8-12(11)16-2)10(13)4-3-7-14/h5-6,8,10,14H,3-4,7,13H2,1-2H3/t10-/m0/s1. The number of nitrogens with two attached hydrogens (primary N) is 1. The molecule has 0 bridgehead atoms. The Bertz CT molecular complexity index is 328. The summed E-state index contributed by atoms with van der Waals surface area (Å²) in [4.78, 5) is 0. The third kappa shape index (κ3) is 3.12. The normalized spacial score (nSPS) is 12.2. The van der Waals surface area contributed by atoms with Crippen molar-refractivity contribution in [1.82, 2.24) is 0 Å². The van der Waals surface area contributed by atoms with Crippen molar-refractivity contribution < 1.29 is 14.6 Å². The fourth-order valence-electron chi connectivity index (χ4n) is 1.56. The third-order valence-electron chi connectivity index (χ3n) is 2.51. The predicted octanol–water partition coefficient (Wildman–Crippen LogP) is 1.48. The van der Waals surface area contributed by atoms with E-state index < -0.39 is 0 Å². The van der Waals surface area contributed by atoms with E-state index in [4.69, 9.17) is 20.3 Å². The zero-order valence-corrected chi connectivity index (χ0v) is 9.77. The van der Waals surface area contributed by atoms with E-state index in [2.05, 4.69) is 0 Å². The van der Waals surface area contributed by atoms with Gasteiger partial charge in [0.1, 0.15) is 0 Å². The van der Waals surface area contributed by atoms with Crippen LogP contribution in [0.25, 0.3) is 0 Å². The van der Waals surface area contributed by atoms with E-state index >= 15 is 0 Å². The van der Waals surface area contributed by atoms with Crippen molar-refractivity contribution in [1.29, 1.82) is 0 Å². The number of ether oxygens (including phenoxy) is 2. The largest absolute Gasteiger partial charge is 0.493 e. The topological polar surface area (TPSA) is 64.7 Å². The van der Waals surface area contributed by atoms with Crippen molar-refractivity contribution in [2.45, 2.75) is 18.9 Å². The highest BCUT2D eigenvalue weighted by Crippen LogP contribution is 2.30. The second kappa shape index (κ2) is 6.35. The second-order valence-electron chi connectivity index (χ2n) is 3.59. The summed E-state index contributed by atoms with van der Waals surface area (Å²) in [6, 6.07) is 5.56. The summed E-state index contributed by atoms with van der Waals surface area (Å²) < 4.78 is 10.3. The van der Waals surface area contributed by atoms with Crippen LogP contribution in [0.2, 0.25) is 0 Å². The maximum absolute atomic E-state index is 8.74. The predicted molar refractivity (Wildman–Crippen MR) is 62.8 cm³/mol. The maximum atomic E-state index is 8.74. The van der Waals surface area contributed by atoms with Crippen LogP contribution in [0.1, 0.15) is 24.4 Å². The highest BCUT2D eigenvalue weighted by molar-refractivity contribution is 5.43. The molecular formula is C12H19NO3. The Morgan fingerprint density at radius 1 is 1.25 bits per heavy atom. The highest BCUT2D eigenvalue weighted by Gasteiger charge is 2.10. The fourth-order valence-corrected chi connectivity index (χ4v) is 1.56. The number of rotatable bonds is 6. The first-order chi connectivity index (χ1) is 7.72. The van der Waals surface area contributed by atoms with Crippen molar-refractivity contribution in [3.8, 4) is 11.5 Å². The van der Waals surface area contributed by atoms with Crippen LogP contribution >= 0.6 is 0 Å². The van der Waals surface area contributed by atoms with Gasteiger partial charge in [0.05, 0.1) is 14.2 Å². The molecule has 0 saturated heterocycles. The Balaban J connectivity index is 2.81. The lowest BCUT2D eigenvalue weighted by Gasteiger charge is -2.14. The van der Waals surface area contributed by atoms with E-state index in [-0.39, 0.29) is 12.6 Å². The lowest BCUT2D eigenvalue weighted by Crippen LogP contribution is -2.11. The Hall–Kier alpha value is -1.26. The molecule has 0 unspecified atom stereocenters. The van der Waals surface area contributed by atoms with Gasteiger partial charge in [-0.1, -0.05) is 6.07 Å². The van der Waals surface area contributed by atoms with Gasteiger partial charge in [-0.3, -0.25) is 0 Å². The molecule has 0 aliphatic carbocycles. The molecule has 4 heteroatoms. The average molecular weight is 225 g/mol. The van der Waals surface area contributed by atoms with Crippen LogP contribution in [0.3, 0.4) is 0 Å². The Morgan fingerprint density at radius 2 is 1.94 bits per heavy atom. The molecular weight excluding hydrogens is 206 g/mol. The van der Waals surface area contributed by atoms with Crippen LogP contribution in [0, 0.1) is 0 Å². The van der Waals surface area contributed by atoms with E-state index in [1.54, 1.807) is 14.2 Å². The van der Waals surface area contributed by atoms with Crippen molar-refractivity contribution in [2.24, 2.45) is 5.73 Å². The summed E-state index contributed by atoms with van der Waals surface area (Å²) in [5, 5.41) is 8.74. The van der Waals surface area contributed by atoms with E-state index in [1.807, 2.05) is 18.2 Å². The summed E-state index contributed by atoms with van der Waals surface area (Å²) >= 11 is 0. The summed E-state index contributed by atoms with van der Waals surface area (Å²) in [5.74, 6) is 1.38. The van der Waals surface area contributed by atoms with Crippen LogP contribution in [-0.4, -0.2) is 25.9 Å². The minimum Gasteiger partial charge on any atom is -0.493 e. The van der Waals surface area contributed by atoms with Crippen molar-refractivity contribution in [3.05, 3.63) is 23.8 Å². The fraction of sp³-hybridized carbons (Fsp3) is 0.500. The van der Waals surface area contributed by atoms with Gasteiger partial charge in [-0.15, -0.1) is 0 Å². The molecule has 0 saturated carbocycles. The molecule has 90 valence electrons. The summed E-state index contributed by atoms with van der Waals surface area (Å²) in [6.45, 7) is 0.168. The van der Waals surface area contributed by atoms with E-state index in [1.165, 1.54) is 0 Å². The highest BCUT2D eigenvalue weighted by atomic mass is 16.5. The van der Waals surface area contributed by atoms with Crippen molar-refractivity contribution in [3.63, 3.8) is 0 Å². The van der Waals surface area contributed by atoms with Gasteiger partial charge in [-0.25, -0.2) is 0 Å². The van der Waals surface area contributed by atoms with Gasteiger partial charge < -0.3 is 20.3 Å². The monoisotopic (exact) mass is 225 g/mol. The minimum atomic E-state index is -0.0769. The van der Waals surface area contributed by atoms with Crippen LogP contribution in [-0.2, 0) is 0 Å². The third-order valence-corrected chi connectivity index (χ3v) is 2.51. The van der Waals surface area contributed by atoms with E-state index in [0.29, 0.717) is 17.9 Å². The molecule has 0 aliphatic rings. The average Bonchev–Trinajstić information content (AvgIpc) is 2.34. The number of aliphatic hydroxyl groups excluding tert-OH is 1. The van der Waals surface area contributed by atoms with Crippen molar-refractivity contribution in [2.75, 3.05) is 20.8 Å². The van der Waals surface area contributed by atoms with E-state index in [9.17, 15) is 0 Å². The Morgan fingerprint density at radius 3 is 2.50 bits per heavy atom. The van der Waals surface area contributed by atoms with Gasteiger partial charge in [-0.2, -0.15) is 0 Å². The molecule has 1 aromatic carbocycles.